The first-order valence-electron chi connectivity index (χ1n) is 11.0. The minimum atomic E-state index is -3.54. The molecule has 0 N–H and O–H groups in total. The number of rotatable bonds is 10. The zero-order valence-corrected chi connectivity index (χ0v) is 20.3. The van der Waals surface area contributed by atoms with Crippen LogP contribution in [-0.2, 0) is 27.6 Å². The number of morpholine rings is 1. The Hall–Kier alpha value is -2.28. The van der Waals surface area contributed by atoms with Gasteiger partial charge in [-0.25, -0.2) is 23.4 Å². The Kier molecular flexibility index (Phi) is 8.02. The van der Waals surface area contributed by atoms with Crippen molar-refractivity contribution in [3.63, 3.8) is 0 Å². The van der Waals surface area contributed by atoms with Gasteiger partial charge in [0.25, 0.3) is 0 Å². The fraction of sp³-hybridized carbons (Fsp3) is 0.500. The Labute approximate surface area is 201 Å². The van der Waals surface area contributed by atoms with Gasteiger partial charge in [0.05, 0.1) is 45.7 Å². The molecule has 1 saturated heterocycles. The molecule has 1 aliphatic heterocycles. The van der Waals surface area contributed by atoms with Crippen LogP contribution in [-0.4, -0.2) is 60.6 Å². The van der Waals surface area contributed by atoms with Gasteiger partial charge in [0.15, 0.2) is 5.75 Å². The third kappa shape index (κ3) is 6.23. The molecule has 4 rings (SSSR count). The lowest BCUT2D eigenvalue weighted by atomic mass is 10.00. The molecule has 0 bridgehead atoms. The Morgan fingerprint density at radius 2 is 1.85 bits per heavy atom. The number of ether oxygens (including phenoxy) is 2. The van der Waals surface area contributed by atoms with Crippen molar-refractivity contribution >= 4 is 31.6 Å². The van der Waals surface area contributed by atoms with Crippen LogP contribution in [0, 0.1) is 5.92 Å². The molecule has 3 heterocycles. The van der Waals surface area contributed by atoms with Crippen molar-refractivity contribution in [3.8, 4) is 5.75 Å². The topological polar surface area (TPSA) is 94.5 Å². The fourth-order valence-electron chi connectivity index (χ4n) is 3.68. The van der Waals surface area contributed by atoms with Crippen molar-refractivity contribution in [1.29, 1.82) is 0 Å². The van der Waals surface area contributed by atoms with E-state index >= 15 is 0 Å². The van der Waals surface area contributed by atoms with Gasteiger partial charge in [-0.3, -0.25) is 0 Å². The van der Waals surface area contributed by atoms with E-state index in [1.165, 1.54) is 28.0 Å². The van der Waals surface area contributed by atoms with E-state index < -0.39 is 16.6 Å². The summed E-state index contributed by atoms with van der Waals surface area (Å²) >= 11 is 1.52. The number of alkyl halides is 2. The van der Waals surface area contributed by atoms with Gasteiger partial charge < -0.3 is 9.47 Å². The molecule has 1 aliphatic rings. The van der Waals surface area contributed by atoms with Gasteiger partial charge in [0.2, 0.25) is 10.0 Å². The number of aryl methyl sites for hydroxylation is 2. The van der Waals surface area contributed by atoms with Crippen LogP contribution in [0.3, 0.4) is 0 Å². The van der Waals surface area contributed by atoms with Gasteiger partial charge >= 0.3 is 6.61 Å². The second-order valence-corrected chi connectivity index (χ2v) is 11.2. The van der Waals surface area contributed by atoms with Crippen molar-refractivity contribution < 1.29 is 26.7 Å². The molecule has 12 heteroatoms. The Bertz CT molecular complexity index is 1200. The highest BCUT2D eigenvalue weighted by Gasteiger charge is 2.26. The number of hydrogen-bond acceptors (Lipinski definition) is 8. The molecular formula is C22H26F2N4O4S2. The quantitative estimate of drug-likeness (QED) is 0.407. The van der Waals surface area contributed by atoms with E-state index in [-0.39, 0.29) is 10.6 Å². The molecule has 2 aromatic heterocycles. The van der Waals surface area contributed by atoms with E-state index in [9.17, 15) is 17.2 Å². The summed E-state index contributed by atoms with van der Waals surface area (Å²) in [5, 5.41) is 0.965. The predicted octanol–water partition coefficient (Wildman–Crippen LogP) is 3.91. The number of thiazole rings is 1. The molecule has 1 fully saturated rings. The van der Waals surface area contributed by atoms with E-state index in [4.69, 9.17) is 4.74 Å². The van der Waals surface area contributed by atoms with Crippen LogP contribution in [0.25, 0.3) is 10.2 Å². The number of nitrogens with zero attached hydrogens (tertiary/aromatic N) is 4. The van der Waals surface area contributed by atoms with Gasteiger partial charge in [-0.1, -0.05) is 6.92 Å². The molecule has 0 radical (unpaired) electrons. The molecule has 0 spiro atoms. The van der Waals surface area contributed by atoms with E-state index in [0.29, 0.717) is 44.5 Å². The molecule has 1 atom stereocenters. The summed E-state index contributed by atoms with van der Waals surface area (Å²) < 4.78 is 62.1. The minimum absolute atomic E-state index is 0.0523. The van der Waals surface area contributed by atoms with Crippen molar-refractivity contribution in [2.75, 3.05) is 26.3 Å². The molecule has 1 aromatic carbocycles. The molecule has 34 heavy (non-hydrogen) atoms. The lowest BCUT2D eigenvalue weighted by Crippen LogP contribution is -2.40. The van der Waals surface area contributed by atoms with E-state index in [2.05, 4.69) is 26.6 Å². The molecule has 3 aromatic rings. The highest BCUT2D eigenvalue weighted by molar-refractivity contribution is 7.89. The number of hydrogen-bond donors (Lipinski definition) is 0. The number of fused-ring (bicyclic) bond motifs is 1. The summed E-state index contributed by atoms with van der Waals surface area (Å²) in [6, 6.07) is 5.10. The zero-order chi connectivity index (χ0) is 24.1. The summed E-state index contributed by atoms with van der Waals surface area (Å²) in [5.41, 5.74) is 0.799. The number of aromatic nitrogens is 3. The van der Waals surface area contributed by atoms with Crippen molar-refractivity contribution in [3.05, 3.63) is 41.4 Å². The normalized spacial score (nSPS) is 16.2. The van der Waals surface area contributed by atoms with Crippen LogP contribution in [0.1, 0.15) is 30.6 Å². The first kappa shape index (κ1) is 24.8. The standard InChI is InChI=1S/C22H26F2N4O4S2/c1-15(2-6-20-25-13-16(14-26-20)32-22(23)24)3-7-21-27-18-5-4-17(12-19(18)33-21)34(29,30)28-8-10-31-11-9-28/h4-5,12-15,22H,2-3,6-11H2,1H3. The maximum atomic E-state index is 12.9. The summed E-state index contributed by atoms with van der Waals surface area (Å²) in [6.45, 7) is 0.798. The minimum Gasteiger partial charge on any atom is -0.432 e. The Balaban J connectivity index is 1.31. The molecule has 8 nitrogen and oxygen atoms in total. The van der Waals surface area contributed by atoms with Crippen LogP contribution in [0.15, 0.2) is 35.5 Å². The van der Waals surface area contributed by atoms with Crippen LogP contribution < -0.4 is 4.74 Å². The third-order valence-corrected chi connectivity index (χ3v) is 8.60. The second-order valence-electron chi connectivity index (χ2n) is 8.15. The summed E-state index contributed by atoms with van der Waals surface area (Å²) in [4.78, 5) is 13.1. The largest absolute Gasteiger partial charge is 0.432 e. The van der Waals surface area contributed by atoms with E-state index in [1.807, 2.05) is 0 Å². The van der Waals surface area contributed by atoms with Crippen LogP contribution in [0.5, 0.6) is 5.75 Å². The predicted molar refractivity (Wildman–Crippen MR) is 124 cm³/mol. The van der Waals surface area contributed by atoms with E-state index in [1.54, 1.807) is 18.2 Å². The lowest BCUT2D eigenvalue weighted by Gasteiger charge is -2.25. The molecule has 0 saturated carbocycles. The summed E-state index contributed by atoms with van der Waals surface area (Å²) in [7, 11) is -3.54. The number of sulfonamides is 1. The Morgan fingerprint density at radius 3 is 2.56 bits per heavy atom. The number of halogens is 2. The van der Waals surface area contributed by atoms with Crippen LogP contribution in [0.2, 0.25) is 0 Å². The molecule has 0 amide bonds. The van der Waals surface area contributed by atoms with E-state index in [0.717, 1.165) is 34.5 Å². The van der Waals surface area contributed by atoms with Crippen LogP contribution >= 0.6 is 11.3 Å². The average Bonchev–Trinajstić information content (AvgIpc) is 3.25. The van der Waals surface area contributed by atoms with Gasteiger partial charge in [-0.2, -0.15) is 13.1 Å². The fourth-order valence-corrected chi connectivity index (χ4v) is 6.21. The highest BCUT2D eigenvalue weighted by atomic mass is 32.2. The second kappa shape index (κ2) is 11.0. The first-order chi connectivity index (χ1) is 16.3. The molecule has 184 valence electrons. The van der Waals surface area contributed by atoms with Crippen LogP contribution in [0.4, 0.5) is 8.78 Å². The van der Waals surface area contributed by atoms with Gasteiger partial charge in [-0.05, 0) is 43.4 Å². The molecular weight excluding hydrogens is 486 g/mol. The van der Waals surface area contributed by atoms with Gasteiger partial charge in [0, 0.05) is 19.5 Å². The van der Waals surface area contributed by atoms with Crippen molar-refractivity contribution in [2.24, 2.45) is 5.92 Å². The molecule has 0 aliphatic carbocycles. The van der Waals surface area contributed by atoms with Crippen molar-refractivity contribution in [1.82, 2.24) is 19.3 Å². The summed E-state index contributed by atoms with van der Waals surface area (Å²) in [5.74, 6) is 0.913. The maximum absolute atomic E-state index is 12.9. The smallest absolute Gasteiger partial charge is 0.387 e. The maximum Gasteiger partial charge on any atom is 0.387 e. The van der Waals surface area contributed by atoms with Gasteiger partial charge in [-0.15, -0.1) is 11.3 Å². The average molecular weight is 513 g/mol. The van der Waals surface area contributed by atoms with Gasteiger partial charge in [0.1, 0.15) is 5.82 Å². The molecule has 1 unspecified atom stereocenters. The zero-order valence-electron chi connectivity index (χ0n) is 18.7. The highest BCUT2D eigenvalue weighted by Crippen LogP contribution is 2.28. The lowest BCUT2D eigenvalue weighted by molar-refractivity contribution is -0.0503. The van der Waals surface area contributed by atoms with Crippen molar-refractivity contribution in [2.45, 2.75) is 44.1 Å². The SMILES string of the molecule is CC(CCc1ncc(OC(F)F)cn1)CCc1nc2ccc(S(=O)(=O)N3CCOCC3)cc2s1. The monoisotopic (exact) mass is 512 g/mol. The first-order valence-corrected chi connectivity index (χ1v) is 13.3. The third-order valence-electron chi connectivity index (χ3n) is 5.63. The Morgan fingerprint density at radius 1 is 1.15 bits per heavy atom. The summed E-state index contributed by atoms with van der Waals surface area (Å²) in [6.07, 6.45) is 5.70. The number of benzene rings is 1.